The molecular formula is C21H20FN5O2. The predicted octanol–water partition coefficient (Wildman–Crippen LogP) is 4.00. The van der Waals surface area contributed by atoms with Crippen molar-refractivity contribution < 1.29 is 14.3 Å². The van der Waals surface area contributed by atoms with Crippen molar-refractivity contribution >= 4 is 28.0 Å². The normalized spacial score (nSPS) is 19.8. The molecule has 5 rings (SSSR count). The second kappa shape index (κ2) is 6.95. The number of hydrogen-bond donors (Lipinski definition) is 2. The molecule has 2 atom stereocenters. The van der Waals surface area contributed by atoms with Gasteiger partial charge in [-0.3, -0.25) is 4.79 Å². The summed E-state index contributed by atoms with van der Waals surface area (Å²) < 4.78 is 15.7. The molecule has 29 heavy (non-hydrogen) atoms. The Morgan fingerprint density at radius 3 is 3.00 bits per heavy atom. The van der Waals surface area contributed by atoms with Crippen LogP contribution in [0.25, 0.3) is 33.5 Å². The number of carboxylic acids is 1. The van der Waals surface area contributed by atoms with Crippen LogP contribution in [0.5, 0.6) is 0 Å². The summed E-state index contributed by atoms with van der Waals surface area (Å²) in [5.41, 5.74) is 2.01. The summed E-state index contributed by atoms with van der Waals surface area (Å²) in [5, 5.41) is 11.1. The van der Waals surface area contributed by atoms with E-state index in [0.29, 0.717) is 29.0 Å². The van der Waals surface area contributed by atoms with Gasteiger partial charge in [-0.05, 0) is 30.9 Å². The highest BCUT2D eigenvalue weighted by Gasteiger charge is 2.31. The zero-order valence-corrected chi connectivity index (χ0v) is 15.7. The standard InChI is InChI=1S/C21H20FN5O2/c22-14-7-16-17(10-25-18(16)24-9-14)19-23-8-12-5-6-27(20(12)26-19)11-13-3-1-2-4-15(13)21(28)29/h5-10,13,15H,1-4,11H2,(H,24,25)(H,28,29). The van der Waals surface area contributed by atoms with Crippen molar-refractivity contribution in [3.8, 4) is 11.4 Å². The number of nitrogens with one attached hydrogen (secondary N) is 1. The van der Waals surface area contributed by atoms with Gasteiger partial charge >= 0.3 is 5.97 Å². The average Bonchev–Trinajstić information content (AvgIpc) is 3.32. The van der Waals surface area contributed by atoms with Crippen molar-refractivity contribution in [1.29, 1.82) is 0 Å². The zero-order chi connectivity index (χ0) is 20.0. The van der Waals surface area contributed by atoms with Crippen LogP contribution in [-0.4, -0.2) is 35.6 Å². The van der Waals surface area contributed by atoms with Crippen LogP contribution in [0.4, 0.5) is 4.39 Å². The van der Waals surface area contributed by atoms with Crippen LogP contribution < -0.4 is 0 Å². The SMILES string of the molecule is O=C(O)C1CCCCC1Cn1ccc2cnc(-c3c[nH]c4ncc(F)cc34)nc21. The number of carboxylic acid groups (broad SMARTS) is 1. The topological polar surface area (TPSA) is 96.7 Å². The number of aromatic nitrogens is 5. The summed E-state index contributed by atoms with van der Waals surface area (Å²) >= 11 is 0. The molecule has 1 aliphatic rings. The fourth-order valence-corrected chi connectivity index (χ4v) is 4.41. The van der Waals surface area contributed by atoms with Crippen LogP contribution in [0.1, 0.15) is 25.7 Å². The van der Waals surface area contributed by atoms with Crippen LogP contribution in [0.15, 0.2) is 36.9 Å². The first-order chi connectivity index (χ1) is 14.1. The molecule has 148 valence electrons. The lowest BCUT2D eigenvalue weighted by Crippen LogP contribution is -2.30. The number of pyridine rings is 1. The summed E-state index contributed by atoms with van der Waals surface area (Å²) in [4.78, 5) is 27.9. The number of carbonyl (C=O) groups is 1. The second-order valence-electron chi connectivity index (χ2n) is 7.68. The number of aliphatic carboxylic acids is 1. The van der Waals surface area contributed by atoms with Crippen LogP contribution in [0.3, 0.4) is 0 Å². The van der Waals surface area contributed by atoms with E-state index in [1.54, 1.807) is 12.4 Å². The third kappa shape index (κ3) is 3.14. The molecule has 0 saturated heterocycles. The van der Waals surface area contributed by atoms with Gasteiger partial charge in [0, 0.05) is 41.5 Å². The first-order valence-corrected chi connectivity index (χ1v) is 9.78. The molecule has 0 aromatic carbocycles. The Balaban J connectivity index is 1.53. The van der Waals surface area contributed by atoms with E-state index in [1.807, 2.05) is 16.8 Å². The van der Waals surface area contributed by atoms with E-state index >= 15 is 0 Å². The highest BCUT2D eigenvalue weighted by Crippen LogP contribution is 2.33. The Kier molecular flexibility index (Phi) is 4.26. The summed E-state index contributed by atoms with van der Waals surface area (Å²) in [5.74, 6) is -0.879. The number of hydrogen-bond acceptors (Lipinski definition) is 4. The number of rotatable bonds is 4. The second-order valence-corrected chi connectivity index (χ2v) is 7.68. The van der Waals surface area contributed by atoms with E-state index in [1.165, 1.54) is 12.3 Å². The maximum absolute atomic E-state index is 13.7. The molecule has 8 heteroatoms. The molecule has 4 aromatic heterocycles. The van der Waals surface area contributed by atoms with Gasteiger partial charge in [0.15, 0.2) is 5.82 Å². The Hall–Kier alpha value is -3.29. The molecule has 2 unspecified atom stereocenters. The maximum Gasteiger partial charge on any atom is 0.306 e. The van der Waals surface area contributed by atoms with Crippen molar-refractivity contribution in [3.05, 3.63) is 42.7 Å². The average molecular weight is 393 g/mol. The predicted molar refractivity (Wildman–Crippen MR) is 106 cm³/mol. The summed E-state index contributed by atoms with van der Waals surface area (Å²) in [6, 6.07) is 3.36. The summed E-state index contributed by atoms with van der Waals surface area (Å²) in [6.07, 6.45) is 10.2. The van der Waals surface area contributed by atoms with Crippen molar-refractivity contribution in [2.24, 2.45) is 11.8 Å². The van der Waals surface area contributed by atoms with Gasteiger partial charge in [-0.15, -0.1) is 0 Å². The first kappa shape index (κ1) is 17.8. The van der Waals surface area contributed by atoms with Crippen LogP contribution in [0, 0.1) is 17.7 Å². The van der Waals surface area contributed by atoms with Crippen LogP contribution in [0.2, 0.25) is 0 Å². The molecule has 7 nitrogen and oxygen atoms in total. The minimum Gasteiger partial charge on any atom is -0.481 e. The number of H-pyrrole nitrogens is 1. The molecule has 4 heterocycles. The smallest absolute Gasteiger partial charge is 0.306 e. The Morgan fingerprint density at radius 2 is 2.14 bits per heavy atom. The number of halogens is 1. The zero-order valence-electron chi connectivity index (χ0n) is 15.7. The van der Waals surface area contributed by atoms with Gasteiger partial charge < -0.3 is 14.7 Å². The minimum absolute atomic E-state index is 0.0849. The van der Waals surface area contributed by atoms with E-state index in [4.69, 9.17) is 4.98 Å². The molecule has 0 amide bonds. The van der Waals surface area contributed by atoms with E-state index < -0.39 is 11.8 Å². The maximum atomic E-state index is 13.7. The van der Waals surface area contributed by atoms with Gasteiger partial charge in [-0.25, -0.2) is 19.3 Å². The van der Waals surface area contributed by atoms with Crippen molar-refractivity contribution in [2.45, 2.75) is 32.2 Å². The van der Waals surface area contributed by atoms with Gasteiger partial charge in [-0.2, -0.15) is 0 Å². The van der Waals surface area contributed by atoms with Crippen molar-refractivity contribution in [2.75, 3.05) is 0 Å². The third-order valence-corrected chi connectivity index (χ3v) is 5.90. The molecule has 1 saturated carbocycles. The summed E-state index contributed by atoms with van der Waals surface area (Å²) in [7, 11) is 0. The van der Waals surface area contributed by atoms with Gasteiger partial charge in [0.05, 0.1) is 12.1 Å². The van der Waals surface area contributed by atoms with E-state index in [-0.39, 0.29) is 11.8 Å². The lowest BCUT2D eigenvalue weighted by Gasteiger charge is -2.28. The number of aromatic amines is 1. The largest absolute Gasteiger partial charge is 0.481 e. The lowest BCUT2D eigenvalue weighted by molar-refractivity contribution is -0.145. The molecule has 4 aromatic rings. The van der Waals surface area contributed by atoms with E-state index in [9.17, 15) is 14.3 Å². The van der Waals surface area contributed by atoms with Gasteiger partial charge in [0.1, 0.15) is 17.1 Å². The lowest BCUT2D eigenvalue weighted by atomic mass is 9.79. The third-order valence-electron chi connectivity index (χ3n) is 5.90. The quantitative estimate of drug-likeness (QED) is 0.546. The molecule has 0 bridgehead atoms. The molecule has 0 radical (unpaired) electrons. The molecular weight excluding hydrogens is 373 g/mol. The Labute approximate surface area is 165 Å². The molecule has 2 N–H and O–H groups in total. The monoisotopic (exact) mass is 393 g/mol. The number of fused-ring (bicyclic) bond motifs is 2. The van der Waals surface area contributed by atoms with Crippen LogP contribution in [-0.2, 0) is 11.3 Å². The van der Waals surface area contributed by atoms with Gasteiger partial charge in [0.2, 0.25) is 0 Å². The highest BCUT2D eigenvalue weighted by atomic mass is 19.1. The molecule has 1 aliphatic carbocycles. The molecule has 0 aliphatic heterocycles. The van der Waals surface area contributed by atoms with Crippen LogP contribution >= 0.6 is 0 Å². The van der Waals surface area contributed by atoms with Gasteiger partial charge in [0.25, 0.3) is 0 Å². The highest BCUT2D eigenvalue weighted by molar-refractivity contribution is 5.92. The van der Waals surface area contributed by atoms with Crippen molar-refractivity contribution in [1.82, 2.24) is 24.5 Å². The fraction of sp³-hybridized carbons (Fsp3) is 0.333. The molecule has 0 spiro atoms. The number of nitrogens with zero attached hydrogens (tertiary/aromatic N) is 4. The van der Waals surface area contributed by atoms with Crippen molar-refractivity contribution in [3.63, 3.8) is 0 Å². The first-order valence-electron chi connectivity index (χ1n) is 9.78. The Morgan fingerprint density at radius 1 is 1.28 bits per heavy atom. The van der Waals surface area contributed by atoms with Gasteiger partial charge in [-0.1, -0.05) is 12.8 Å². The molecule has 1 fully saturated rings. The summed E-state index contributed by atoms with van der Waals surface area (Å²) in [6.45, 7) is 0.612. The van der Waals surface area contributed by atoms with E-state index in [2.05, 4.69) is 15.0 Å². The minimum atomic E-state index is -0.713. The fourth-order valence-electron chi connectivity index (χ4n) is 4.41. The Bertz CT molecular complexity index is 1210. The van der Waals surface area contributed by atoms with E-state index in [0.717, 1.165) is 36.7 Å².